The molecule has 0 aliphatic carbocycles. The lowest BCUT2D eigenvalue weighted by atomic mass is 10.1. The van der Waals surface area contributed by atoms with Crippen molar-refractivity contribution in [1.29, 1.82) is 0 Å². The van der Waals surface area contributed by atoms with Crippen LogP contribution in [0.4, 0.5) is 13.2 Å². The first-order valence-electron chi connectivity index (χ1n) is 7.31. The maximum atomic E-state index is 12.1. The van der Waals surface area contributed by atoms with Crippen molar-refractivity contribution in [2.45, 2.75) is 19.7 Å². The monoisotopic (exact) mass is 333 g/mol. The molecule has 1 rings (SSSR count). The number of benzene rings is 1. The number of alkyl halides is 3. The third-order valence-electron chi connectivity index (χ3n) is 2.83. The summed E-state index contributed by atoms with van der Waals surface area (Å²) < 4.78 is 45.2. The fraction of sp³-hybridized carbons (Fsp3) is 0.533. The first-order valence-corrected chi connectivity index (χ1v) is 7.31. The lowest BCUT2D eigenvalue weighted by Crippen LogP contribution is -2.39. The van der Waals surface area contributed by atoms with Gasteiger partial charge in [-0.1, -0.05) is 12.1 Å². The fourth-order valence-corrected chi connectivity index (χ4v) is 1.79. The molecule has 0 heterocycles. The minimum Gasteiger partial charge on any atom is -0.406 e. The van der Waals surface area contributed by atoms with Gasteiger partial charge in [-0.3, -0.25) is 4.99 Å². The smallest absolute Gasteiger partial charge is 0.406 e. The van der Waals surface area contributed by atoms with Crippen LogP contribution < -0.4 is 15.4 Å². The first kappa shape index (κ1) is 19.1. The minimum absolute atomic E-state index is 0.220. The van der Waals surface area contributed by atoms with Gasteiger partial charge >= 0.3 is 6.36 Å². The van der Waals surface area contributed by atoms with Crippen LogP contribution in [-0.4, -0.2) is 45.7 Å². The molecule has 5 nitrogen and oxygen atoms in total. The van der Waals surface area contributed by atoms with Crippen LogP contribution in [0, 0.1) is 0 Å². The molecule has 0 aromatic heterocycles. The maximum Gasteiger partial charge on any atom is 0.573 e. The molecule has 0 saturated heterocycles. The second-order valence-electron chi connectivity index (χ2n) is 4.56. The Morgan fingerprint density at radius 1 is 1.13 bits per heavy atom. The van der Waals surface area contributed by atoms with Gasteiger partial charge in [-0.05, 0) is 31.0 Å². The van der Waals surface area contributed by atoms with Crippen molar-refractivity contribution in [3.63, 3.8) is 0 Å². The first-order chi connectivity index (χ1) is 10.9. The molecule has 0 atom stereocenters. The zero-order valence-electron chi connectivity index (χ0n) is 13.2. The van der Waals surface area contributed by atoms with Crippen molar-refractivity contribution in [2.75, 3.05) is 33.4 Å². The highest BCUT2D eigenvalue weighted by Crippen LogP contribution is 2.22. The van der Waals surface area contributed by atoms with Crippen LogP contribution in [0.15, 0.2) is 29.3 Å². The maximum absolute atomic E-state index is 12.1. The largest absolute Gasteiger partial charge is 0.573 e. The summed E-state index contributed by atoms with van der Waals surface area (Å²) in [7, 11) is 1.67. The predicted molar refractivity (Wildman–Crippen MR) is 82.7 cm³/mol. The van der Waals surface area contributed by atoms with Crippen molar-refractivity contribution < 1.29 is 22.6 Å². The Kier molecular flexibility index (Phi) is 8.25. The number of nitrogens with one attached hydrogen (secondary N) is 2. The minimum atomic E-state index is -4.66. The number of nitrogens with zero attached hydrogens (tertiary/aromatic N) is 1. The molecule has 0 aliphatic heterocycles. The molecular weight excluding hydrogens is 311 g/mol. The van der Waals surface area contributed by atoms with E-state index in [2.05, 4.69) is 20.4 Å². The molecule has 0 fully saturated rings. The van der Waals surface area contributed by atoms with E-state index in [0.717, 1.165) is 5.56 Å². The van der Waals surface area contributed by atoms with E-state index in [0.29, 0.717) is 38.7 Å². The molecule has 0 amide bonds. The summed E-state index contributed by atoms with van der Waals surface area (Å²) in [5.41, 5.74) is 0.900. The van der Waals surface area contributed by atoms with Crippen molar-refractivity contribution in [3.8, 4) is 5.75 Å². The van der Waals surface area contributed by atoms with E-state index < -0.39 is 6.36 Å². The van der Waals surface area contributed by atoms with Gasteiger partial charge in [0.2, 0.25) is 0 Å². The topological polar surface area (TPSA) is 54.9 Å². The zero-order valence-corrected chi connectivity index (χ0v) is 13.2. The molecule has 0 saturated carbocycles. The highest BCUT2D eigenvalue weighted by atomic mass is 19.4. The Hall–Kier alpha value is -1.96. The average molecular weight is 333 g/mol. The third-order valence-corrected chi connectivity index (χ3v) is 2.83. The molecule has 1 aromatic carbocycles. The second kappa shape index (κ2) is 9.94. The van der Waals surface area contributed by atoms with E-state index in [1.165, 1.54) is 12.1 Å². The molecule has 23 heavy (non-hydrogen) atoms. The summed E-state index contributed by atoms with van der Waals surface area (Å²) in [4.78, 5) is 4.07. The molecule has 0 spiro atoms. The number of hydrogen-bond donors (Lipinski definition) is 2. The predicted octanol–water partition coefficient (Wildman–Crippen LogP) is 2.33. The second-order valence-corrected chi connectivity index (χ2v) is 4.56. The number of halogens is 3. The van der Waals surface area contributed by atoms with Crippen molar-refractivity contribution in [3.05, 3.63) is 29.8 Å². The normalized spacial score (nSPS) is 12.1. The van der Waals surface area contributed by atoms with Gasteiger partial charge in [-0.25, -0.2) is 0 Å². The van der Waals surface area contributed by atoms with Crippen LogP contribution in [0.2, 0.25) is 0 Å². The van der Waals surface area contributed by atoms with Gasteiger partial charge in [0.15, 0.2) is 5.96 Å². The zero-order chi connectivity index (χ0) is 17.1. The molecule has 0 bridgehead atoms. The summed E-state index contributed by atoms with van der Waals surface area (Å²) in [6.45, 7) is 4.45. The molecule has 0 unspecified atom stereocenters. The van der Waals surface area contributed by atoms with Gasteiger partial charge in [0, 0.05) is 26.7 Å². The summed E-state index contributed by atoms with van der Waals surface area (Å²) >= 11 is 0. The van der Waals surface area contributed by atoms with E-state index in [9.17, 15) is 13.2 Å². The molecule has 2 N–H and O–H groups in total. The number of rotatable bonds is 8. The molecule has 0 aliphatic rings. The molecule has 130 valence electrons. The van der Waals surface area contributed by atoms with E-state index in [-0.39, 0.29) is 5.75 Å². The van der Waals surface area contributed by atoms with E-state index in [1.54, 1.807) is 19.2 Å². The third kappa shape index (κ3) is 8.92. The Balaban J connectivity index is 2.31. The van der Waals surface area contributed by atoms with Crippen molar-refractivity contribution >= 4 is 5.96 Å². The number of aliphatic imine (C=N–C) groups is 1. The lowest BCUT2D eigenvalue weighted by Gasteiger charge is -2.12. The van der Waals surface area contributed by atoms with Gasteiger partial charge in [-0.15, -0.1) is 13.2 Å². The van der Waals surface area contributed by atoms with Crippen LogP contribution in [0.25, 0.3) is 0 Å². The summed E-state index contributed by atoms with van der Waals surface area (Å²) in [6.07, 6.45) is -4.01. The average Bonchev–Trinajstić information content (AvgIpc) is 2.50. The SMILES string of the molecule is CCOCCNC(=NC)NCCc1ccc(OC(F)(F)F)cc1. The summed E-state index contributed by atoms with van der Waals surface area (Å²) in [5, 5.41) is 6.21. The number of guanidine groups is 1. The Bertz CT molecular complexity index is 476. The Morgan fingerprint density at radius 2 is 1.78 bits per heavy atom. The van der Waals surface area contributed by atoms with Gasteiger partial charge in [0.05, 0.1) is 6.61 Å². The van der Waals surface area contributed by atoms with Gasteiger partial charge < -0.3 is 20.1 Å². The van der Waals surface area contributed by atoms with E-state index in [1.807, 2.05) is 6.92 Å². The van der Waals surface area contributed by atoms with Crippen LogP contribution in [0.3, 0.4) is 0 Å². The van der Waals surface area contributed by atoms with Crippen molar-refractivity contribution in [1.82, 2.24) is 10.6 Å². The highest BCUT2D eigenvalue weighted by Gasteiger charge is 2.30. The number of hydrogen-bond acceptors (Lipinski definition) is 3. The van der Waals surface area contributed by atoms with Gasteiger partial charge in [-0.2, -0.15) is 0 Å². The molecular formula is C15H22F3N3O2. The van der Waals surface area contributed by atoms with Crippen LogP contribution in [-0.2, 0) is 11.2 Å². The Labute approximate surface area is 133 Å². The number of ether oxygens (including phenoxy) is 2. The van der Waals surface area contributed by atoms with Gasteiger partial charge in [0.25, 0.3) is 0 Å². The van der Waals surface area contributed by atoms with Crippen molar-refractivity contribution in [2.24, 2.45) is 4.99 Å². The molecule has 8 heteroatoms. The fourth-order valence-electron chi connectivity index (χ4n) is 1.79. The summed E-state index contributed by atoms with van der Waals surface area (Å²) in [6, 6.07) is 5.82. The molecule has 1 aromatic rings. The standard InChI is InChI=1S/C15H22F3N3O2/c1-3-22-11-10-21-14(19-2)20-9-8-12-4-6-13(7-5-12)23-15(16,17)18/h4-7H,3,8-11H2,1-2H3,(H2,19,20,21). The molecule has 0 radical (unpaired) electrons. The van der Waals surface area contributed by atoms with Crippen LogP contribution >= 0.6 is 0 Å². The Morgan fingerprint density at radius 3 is 2.35 bits per heavy atom. The van der Waals surface area contributed by atoms with E-state index >= 15 is 0 Å². The quantitative estimate of drug-likeness (QED) is 0.436. The summed E-state index contributed by atoms with van der Waals surface area (Å²) in [5.74, 6) is 0.435. The lowest BCUT2D eigenvalue weighted by molar-refractivity contribution is -0.274. The van der Waals surface area contributed by atoms with Crippen LogP contribution in [0.5, 0.6) is 5.75 Å². The van der Waals surface area contributed by atoms with Crippen LogP contribution in [0.1, 0.15) is 12.5 Å². The highest BCUT2D eigenvalue weighted by molar-refractivity contribution is 5.79. The van der Waals surface area contributed by atoms with E-state index in [4.69, 9.17) is 4.74 Å². The van der Waals surface area contributed by atoms with Gasteiger partial charge in [0.1, 0.15) is 5.75 Å².